The van der Waals surface area contributed by atoms with Gasteiger partial charge in [-0.1, -0.05) is 6.92 Å². The normalized spacial score (nSPS) is 24.7. The Hall–Kier alpha value is -2.28. The molecule has 1 unspecified atom stereocenters. The predicted molar refractivity (Wildman–Crippen MR) is 82.6 cm³/mol. The molecule has 0 saturated carbocycles. The van der Waals surface area contributed by atoms with Gasteiger partial charge in [0, 0.05) is 25.8 Å². The smallest absolute Gasteiger partial charge is 0.410 e. The van der Waals surface area contributed by atoms with E-state index in [0.29, 0.717) is 13.2 Å². The van der Waals surface area contributed by atoms with Gasteiger partial charge < -0.3 is 9.15 Å². The minimum absolute atomic E-state index is 0.175. The zero-order valence-electron chi connectivity index (χ0n) is 13.1. The molecule has 1 amide bonds. The summed E-state index contributed by atoms with van der Waals surface area (Å²) in [6, 6.07) is 5.84. The van der Waals surface area contributed by atoms with Gasteiger partial charge >= 0.3 is 6.09 Å². The number of nitrogens with zero attached hydrogens (tertiary/aromatic N) is 3. The van der Waals surface area contributed by atoms with Gasteiger partial charge in [0.25, 0.3) is 0 Å². The summed E-state index contributed by atoms with van der Waals surface area (Å²) in [6.07, 6.45) is 2.43. The van der Waals surface area contributed by atoms with Gasteiger partial charge in [-0.2, -0.15) is 5.10 Å². The van der Waals surface area contributed by atoms with E-state index in [-0.39, 0.29) is 11.6 Å². The number of cyclic esters (lactones) is 1. The first-order chi connectivity index (χ1) is 11.2. The molecule has 0 bridgehead atoms. The van der Waals surface area contributed by atoms with Crippen LogP contribution in [0.25, 0.3) is 11.5 Å². The highest BCUT2D eigenvalue weighted by Crippen LogP contribution is 2.32. The fraction of sp³-hybridized carbons (Fsp3) is 0.500. The third kappa shape index (κ3) is 2.41. The highest BCUT2D eigenvalue weighted by atomic mass is 16.6. The van der Waals surface area contributed by atoms with Crippen molar-refractivity contribution in [3.63, 3.8) is 0 Å². The van der Waals surface area contributed by atoms with Crippen molar-refractivity contribution in [3.8, 4) is 11.5 Å². The molecule has 122 valence electrons. The van der Waals surface area contributed by atoms with Crippen molar-refractivity contribution in [1.29, 1.82) is 0 Å². The van der Waals surface area contributed by atoms with Crippen molar-refractivity contribution < 1.29 is 13.9 Å². The summed E-state index contributed by atoms with van der Waals surface area (Å²) >= 11 is 0. The summed E-state index contributed by atoms with van der Waals surface area (Å²) in [5.74, 6) is 1.71. The first-order valence-electron chi connectivity index (χ1n) is 7.95. The number of carbonyl (C=O) groups is 1. The van der Waals surface area contributed by atoms with E-state index in [2.05, 4.69) is 22.0 Å². The molecule has 0 radical (unpaired) electrons. The van der Waals surface area contributed by atoms with Crippen LogP contribution in [0.1, 0.15) is 19.1 Å². The second-order valence-electron chi connectivity index (χ2n) is 6.23. The average Bonchev–Trinajstić information content (AvgIpc) is 3.28. The molecular formula is C16H20N4O3. The Morgan fingerprint density at radius 3 is 3.04 bits per heavy atom. The summed E-state index contributed by atoms with van der Waals surface area (Å²) in [6.45, 7) is 5.68. The van der Waals surface area contributed by atoms with Crippen LogP contribution in [0.3, 0.4) is 0 Å². The van der Waals surface area contributed by atoms with Crippen LogP contribution in [-0.2, 0) is 11.3 Å². The zero-order chi connectivity index (χ0) is 15.9. The summed E-state index contributed by atoms with van der Waals surface area (Å²) in [7, 11) is 0. The molecule has 4 heterocycles. The van der Waals surface area contributed by atoms with Gasteiger partial charge in [-0.05, 0) is 24.6 Å². The van der Waals surface area contributed by atoms with Crippen LogP contribution in [0.5, 0.6) is 0 Å². The first kappa shape index (κ1) is 14.3. The van der Waals surface area contributed by atoms with E-state index in [4.69, 9.17) is 9.15 Å². The Bertz CT molecular complexity index is 696. The fourth-order valence-electron chi connectivity index (χ4n) is 3.50. The number of carbonyl (C=O) groups excluding carboxylic acids is 1. The van der Waals surface area contributed by atoms with E-state index >= 15 is 0 Å². The van der Waals surface area contributed by atoms with Crippen LogP contribution in [0.2, 0.25) is 0 Å². The number of rotatable bonds is 4. The van der Waals surface area contributed by atoms with Gasteiger partial charge in [0.2, 0.25) is 0 Å². The highest BCUT2D eigenvalue weighted by molar-refractivity contribution is 5.71. The van der Waals surface area contributed by atoms with Crippen LogP contribution in [0.4, 0.5) is 4.79 Å². The lowest BCUT2D eigenvalue weighted by atomic mass is 9.93. The number of aromatic nitrogens is 2. The second kappa shape index (κ2) is 5.42. The lowest BCUT2D eigenvalue weighted by Gasteiger charge is -2.44. The Labute approximate surface area is 134 Å². The molecule has 2 fully saturated rings. The maximum Gasteiger partial charge on any atom is 0.410 e. The van der Waals surface area contributed by atoms with E-state index < -0.39 is 0 Å². The molecule has 7 heteroatoms. The minimum Gasteiger partial charge on any atom is -0.458 e. The number of hydrogen-bond acceptors (Lipinski definition) is 5. The maximum absolute atomic E-state index is 11.8. The highest BCUT2D eigenvalue weighted by Gasteiger charge is 2.49. The monoisotopic (exact) mass is 316 g/mol. The third-order valence-corrected chi connectivity index (χ3v) is 4.88. The van der Waals surface area contributed by atoms with Crippen molar-refractivity contribution in [3.05, 3.63) is 30.2 Å². The fourth-order valence-corrected chi connectivity index (χ4v) is 3.50. The van der Waals surface area contributed by atoms with Crippen molar-refractivity contribution in [2.45, 2.75) is 25.4 Å². The molecule has 2 aromatic heterocycles. The number of aromatic amines is 1. The van der Waals surface area contributed by atoms with Crippen LogP contribution in [0, 0.1) is 0 Å². The molecule has 2 saturated heterocycles. The third-order valence-electron chi connectivity index (χ3n) is 4.88. The number of nitrogens with one attached hydrogen (secondary N) is 1. The molecule has 2 aromatic rings. The van der Waals surface area contributed by atoms with Crippen LogP contribution in [0.15, 0.2) is 28.8 Å². The number of H-pyrrole nitrogens is 1. The number of furan rings is 1. The molecule has 0 aromatic carbocycles. The number of ether oxygens (including phenoxy) is 1. The van der Waals surface area contributed by atoms with Crippen molar-refractivity contribution in [2.75, 3.05) is 26.2 Å². The van der Waals surface area contributed by atoms with E-state index in [1.165, 1.54) is 0 Å². The molecular weight excluding hydrogens is 296 g/mol. The van der Waals surface area contributed by atoms with Gasteiger partial charge in [0.05, 0.1) is 12.1 Å². The Balaban J connectivity index is 1.47. The summed E-state index contributed by atoms with van der Waals surface area (Å²) in [5.41, 5.74) is 0.689. The second-order valence-corrected chi connectivity index (χ2v) is 6.23. The molecule has 1 atom stereocenters. The Morgan fingerprint density at radius 1 is 1.35 bits per heavy atom. The van der Waals surface area contributed by atoms with E-state index in [1.807, 2.05) is 23.1 Å². The van der Waals surface area contributed by atoms with E-state index in [0.717, 1.165) is 43.3 Å². The number of amides is 1. The van der Waals surface area contributed by atoms with Crippen molar-refractivity contribution in [1.82, 2.24) is 20.0 Å². The minimum atomic E-state index is -0.186. The molecule has 2 aliphatic rings. The topological polar surface area (TPSA) is 74.6 Å². The van der Waals surface area contributed by atoms with Gasteiger partial charge in [-0.25, -0.2) is 4.79 Å². The van der Waals surface area contributed by atoms with Gasteiger partial charge in [-0.15, -0.1) is 0 Å². The Kier molecular flexibility index (Phi) is 3.37. The number of hydrogen-bond donors (Lipinski definition) is 1. The molecule has 23 heavy (non-hydrogen) atoms. The van der Waals surface area contributed by atoms with Gasteiger partial charge in [0.1, 0.15) is 18.1 Å². The first-order valence-corrected chi connectivity index (χ1v) is 7.95. The largest absolute Gasteiger partial charge is 0.458 e. The predicted octanol–water partition coefficient (Wildman–Crippen LogP) is 2.09. The average molecular weight is 316 g/mol. The Morgan fingerprint density at radius 2 is 2.26 bits per heavy atom. The summed E-state index contributed by atoms with van der Waals surface area (Å²) in [5, 5.41) is 6.84. The van der Waals surface area contributed by atoms with E-state index in [1.54, 1.807) is 6.20 Å². The van der Waals surface area contributed by atoms with Crippen molar-refractivity contribution in [2.24, 2.45) is 0 Å². The van der Waals surface area contributed by atoms with Crippen LogP contribution < -0.4 is 0 Å². The lowest BCUT2D eigenvalue weighted by molar-refractivity contribution is 0.0417. The summed E-state index contributed by atoms with van der Waals surface area (Å²) < 4.78 is 11.2. The van der Waals surface area contributed by atoms with Crippen LogP contribution >= 0.6 is 0 Å². The molecule has 4 rings (SSSR count). The quantitative estimate of drug-likeness (QED) is 0.935. The molecule has 1 N–H and O–H groups in total. The van der Waals surface area contributed by atoms with Gasteiger partial charge in [-0.3, -0.25) is 14.9 Å². The number of piperazine rings is 1. The van der Waals surface area contributed by atoms with Crippen LogP contribution in [-0.4, -0.2) is 57.9 Å². The standard InChI is InChI=1S/C16H20N4O3/c1-2-16-10-19(7-8-20(16)15(21)22-11-16)9-12-3-4-14(23-12)13-5-6-17-18-13/h3-6H,2,7-11H2,1H3,(H,17,18). The number of fused-ring (bicyclic) bond motifs is 1. The zero-order valence-corrected chi connectivity index (χ0v) is 13.1. The molecule has 2 aliphatic heterocycles. The summed E-state index contributed by atoms with van der Waals surface area (Å²) in [4.78, 5) is 16.1. The van der Waals surface area contributed by atoms with Crippen molar-refractivity contribution >= 4 is 6.09 Å². The maximum atomic E-state index is 11.8. The lowest BCUT2D eigenvalue weighted by Crippen LogP contribution is -2.60. The molecule has 0 aliphatic carbocycles. The molecule has 7 nitrogen and oxygen atoms in total. The van der Waals surface area contributed by atoms with E-state index in [9.17, 15) is 4.79 Å². The van der Waals surface area contributed by atoms with Gasteiger partial charge in [0.15, 0.2) is 5.76 Å². The molecule has 0 spiro atoms. The SMILES string of the molecule is CCC12COC(=O)N1CCN(Cc1ccc(-c3ccn[nH]3)o1)C2.